The van der Waals surface area contributed by atoms with Crippen LogP contribution in [0, 0.1) is 17.0 Å². The van der Waals surface area contributed by atoms with Crippen molar-refractivity contribution in [3.63, 3.8) is 0 Å². The van der Waals surface area contributed by atoms with Crippen LogP contribution in [0.3, 0.4) is 0 Å². The van der Waals surface area contributed by atoms with E-state index in [0.29, 0.717) is 11.3 Å². The molecule has 11 heteroatoms. The Morgan fingerprint density at radius 2 is 2.03 bits per heavy atom. The molecular weight excluding hydrogens is 450 g/mol. The molecule has 33 heavy (non-hydrogen) atoms. The quantitative estimate of drug-likeness (QED) is 0.269. The molecule has 2 N–H and O–H groups in total. The monoisotopic (exact) mass is 469 g/mol. The summed E-state index contributed by atoms with van der Waals surface area (Å²) in [5.74, 6) is 0.125. The number of rotatable bonds is 9. The fourth-order valence-corrected chi connectivity index (χ4v) is 3.00. The molecule has 2 aromatic carbocycles. The van der Waals surface area contributed by atoms with Gasteiger partial charge in [-0.25, -0.2) is 4.98 Å². The Morgan fingerprint density at radius 1 is 1.27 bits per heavy atom. The maximum Gasteiger partial charge on any atom is 0.313 e. The Kier molecular flexibility index (Phi) is 7.77. The van der Waals surface area contributed by atoms with Gasteiger partial charge in [0, 0.05) is 18.0 Å². The average Bonchev–Trinajstić information content (AvgIpc) is 2.79. The topological polar surface area (TPSA) is 128 Å². The average molecular weight is 470 g/mol. The number of carbonyl (C=O) groups excluding carboxylic acids is 1. The molecule has 0 aliphatic heterocycles. The molecular formula is C22H20ClN5O5. The van der Waals surface area contributed by atoms with Gasteiger partial charge in [-0.1, -0.05) is 29.3 Å². The zero-order valence-electron chi connectivity index (χ0n) is 17.7. The predicted molar refractivity (Wildman–Crippen MR) is 125 cm³/mol. The number of carbonyl (C=O) groups is 1. The van der Waals surface area contributed by atoms with Gasteiger partial charge >= 0.3 is 5.69 Å². The van der Waals surface area contributed by atoms with Gasteiger partial charge in [0.1, 0.15) is 0 Å². The standard InChI is InChI=1S/C22H20ClN5O5/c1-14-5-7-16(8-6-14)26-20(29)13-33-21-17(23)10-15(11-19(21)32-2)12-25-27-22-18(28(30)31)4-3-9-24-22/h3-12H,13H2,1-2H3,(H,24,27)(H,26,29)/b25-12-. The minimum absolute atomic E-state index is 0.00338. The van der Waals surface area contributed by atoms with E-state index in [2.05, 4.69) is 20.8 Å². The molecule has 3 rings (SSSR count). The number of ether oxygens (including phenoxy) is 2. The maximum atomic E-state index is 12.2. The molecule has 0 saturated heterocycles. The SMILES string of the molecule is COc1cc(/C=N\Nc2ncccc2[N+](=O)[O-])cc(Cl)c1OCC(=O)Nc1ccc(C)cc1. The Labute approximate surface area is 194 Å². The van der Waals surface area contributed by atoms with Crippen molar-refractivity contribution in [3.8, 4) is 11.5 Å². The van der Waals surface area contributed by atoms with E-state index < -0.39 is 4.92 Å². The first-order valence-electron chi connectivity index (χ1n) is 9.62. The van der Waals surface area contributed by atoms with Gasteiger partial charge < -0.3 is 14.8 Å². The summed E-state index contributed by atoms with van der Waals surface area (Å²) in [6.45, 7) is 1.68. The molecule has 0 atom stereocenters. The second-order valence-electron chi connectivity index (χ2n) is 6.74. The van der Waals surface area contributed by atoms with Crippen molar-refractivity contribution >= 4 is 40.9 Å². The Bertz CT molecular complexity index is 1180. The number of hydrazone groups is 1. The second kappa shape index (κ2) is 10.9. The highest BCUT2D eigenvalue weighted by Gasteiger charge is 2.15. The number of aromatic nitrogens is 1. The third kappa shape index (κ3) is 6.40. The Morgan fingerprint density at radius 3 is 2.73 bits per heavy atom. The summed E-state index contributed by atoms with van der Waals surface area (Å²) >= 11 is 6.32. The Hall–Kier alpha value is -4.18. The molecule has 1 heterocycles. The number of hydrogen-bond acceptors (Lipinski definition) is 8. The molecule has 0 saturated carbocycles. The van der Waals surface area contributed by atoms with Crippen LogP contribution in [0.5, 0.6) is 11.5 Å². The molecule has 1 aromatic heterocycles. The largest absolute Gasteiger partial charge is 0.493 e. The summed E-state index contributed by atoms with van der Waals surface area (Å²) in [5.41, 5.74) is 4.58. The van der Waals surface area contributed by atoms with E-state index in [1.54, 1.807) is 24.3 Å². The number of nitro groups is 1. The van der Waals surface area contributed by atoms with Gasteiger partial charge in [0.2, 0.25) is 5.82 Å². The van der Waals surface area contributed by atoms with E-state index >= 15 is 0 Å². The lowest BCUT2D eigenvalue weighted by molar-refractivity contribution is -0.384. The highest BCUT2D eigenvalue weighted by molar-refractivity contribution is 6.32. The number of methoxy groups -OCH3 is 1. The van der Waals surface area contributed by atoms with Crippen LogP contribution >= 0.6 is 11.6 Å². The summed E-state index contributed by atoms with van der Waals surface area (Å²) in [6.07, 6.45) is 2.80. The lowest BCUT2D eigenvalue weighted by Gasteiger charge is -2.13. The van der Waals surface area contributed by atoms with Crippen molar-refractivity contribution in [3.05, 3.63) is 81.0 Å². The van der Waals surface area contributed by atoms with Gasteiger partial charge in [-0.15, -0.1) is 0 Å². The third-order valence-corrected chi connectivity index (χ3v) is 4.58. The van der Waals surface area contributed by atoms with E-state index in [4.69, 9.17) is 21.1 Å². The fourth-order valence-electron chi connectivity index (χ4n) is 2.72. The van der Waals surface area contributed by atoms with Crippen LogP contribution in [0.4, 0.5) is 17.2 Å². The lowest BCUT2D eigenvalue weighted by Crippen LogP contribution is -2.20. The molecule has 10 nitrogen and oxygen atoms in total. The van der Waals surface area contributed by atoms with Gasteiger partial charge in [0.05, 0.1) is 23.3 Å². The molecule has 0 radical (unpaired) electrons. The lowest BCUT2D eigenvalue weighted by atomic mass is 10.2. The van der Waals surface area contributed by atoms with Gasteiger partial charge in [-0.3, -0.25) is 20.3 Å². The van der Waals surface area contributed by atoms with Crippen LogP contribution in [0.2, 0.25) is 5.02 Å². The molecule has 0 fully saturated rings. The number of benzene rings is 2. The van der Waals surface area contributed by atoms with Crippen molar-refractivity contribution in [1.29, 1.82) is 0 Å². The number of amides is 1. The Balaban J connectivity index is 1.66. The number of aryl methyl sites for hydroxylation is 1. The molecule has 3 aromatic rings. The van der Waals surface area contributed by atoms with Crippen molar-refractivity contribution in [1.82, 2.24) is 4.98 Å². The van der Waals surface area contributed by atoms with E-state index in [9.17, 15) is 14.9 Å². The molecule has 0 aliphatic rings. The van der Waals surface area contributed by atoms with E-state index in [-0.39, 0.29) is 40.5 Å². The highest BCUT2D eigenvalue weighted by atomic mass is 35.5. The smallest absolute Gasteiger partial charge is 0.313 e. The van der Waals surface area contributed by atoms with Gasteiger partial charge in [0.15, 0.2) is 18.1 Å². The summed E-state index contributed by atoms with van der Waals surface area (Å²) < 4.78 is 10.9. The van der Waals surface area contributed by atoms with E-state index in [1.165, 1.54) is 31.7 Å². The van der Waals surface area contributed by atoms with Crippen LogP contribution in [-0.4, -0.2) is 35.7 Å². The van der Waals surface area contributed by atoms with Crippen LogP contribution in [0.15, 0.2) is 59.8 Å². The first kappa shape index (κ1) is 23.5. The molecule has 0 bridgehead atoms. The molecule has 0 spiro atoms. The number of nitrogens with zero attached hydrogens (tertiary/aromatic N) is 3. The summed E-state index contributed by atoms with van der Waals surface area (Å²) in [7, 11) is 1.43. The second-order valence-corrected chi connectivity index (χ2v) is 7.14. The van der Waals surface area contributed by atoms with Crippen molar-refractivity contribution in [2.75, 3.05) is 24.5 Å². The normalized spacial score (nSPS) is 10.6. The predicted octanol–water partition coefficient (Wildman–Crippen LogP) is 4.42. The molecule has 0 unspecified atom stereocenters. The fraction of sp³-hybridized carbons (Fsp3) is 0.136. The highest BCUT2D eigenvalue weighted by Crippen LogP contribution is 2.36. The summed E-state index contributed by atoms with van der Waals surface area (Å²) in [4.78, 5) is 26.6. The van der Waals surface area contributed by atoms with Gasteiger partial charge in [-0.05, 0) is 42.8 Å². The van der Waals surface area contributed by atoms with Crippen molar-refractivity contribution in [2.24, 2.45) is 5.10 Å². The minimum Gasteiger partial charge on any atom is -0.493 e. The van der Waals surface area contributed by atoms with E-state index in [0.717, 1.165) is 5.56 Å². The zero-order valence-corrected chi connectivity index (χ0v) is 18.5. The first-order valence-corrected chi connectivity index (χ1v) is 10.0. The molecule has 170 valence electrons. The molecule has 0 aliphatic carbocycles. The third-order valence-electron chi connectivity index (χ3n) is 4.30. The number of nitrogens with one attached hydrogen (secondary N) is 2. The van der Waals surface area contributed by atoms with Crippen LogP contribution < -0.4 is 20.2 Å². The maximum absolute atomic E-state index is 12.2. The number of anilines is 2. The number of halogens is 1. The van der Waals surface area contributed by atoms with Crippen molar-refractivity contribution < 1.29 is 19.2 Å². The van der Waals surface area contributed by atoms with Crippen molar-refractivity contribution in [2.45, 2.75) is 6.92 Å². The first-order chi connectivity index (χ1) is 15.9. The van der Waals surface area contributed by atoms with Gasteiger partial charge in [-0.2, -0.15) is 5.10 Å². The van der Waals surface area contributed by atoms with Crippen LogP contribution in [-0.2, 0) is 4.79 Å². The summed E-state index contributed by atoms with van der Waals surface area (Å²) in [6, 6.07) is 13.3. The summed E-state index contributed by atoms with van der Waals surface area (Å²) in [5, 5.41) is 17.9. The van der Waals surface area contributed by atoms with E-state index in [1.807, 2.05) is 19.1 Å². The number of hydrogen-bond donors (Lipinski definition) is 2. The minimum atomic E-state index is -0.564. The van der Waals surface area contributed by atoms with Crippen LogP contribution in [0.25, 0.3) is 0 Å². The zero-order chi connectivity index (χ0) is 23.8. The van der Waals surface area contributed by atoms with Crippen LogP contribution in [0.1, 0.15) is 11.1 Å². The molecule has 1 amide bonds. The number of pyridine rings is 1. The van der Waals surface area contributed by atoms with Gasteiger partial charge in [0.25, 0.3) is 5.91 Å².